The first kappa shape index (κ1) is 12.8. The van der Waals surface area contributed by atoms with Crippen LogP contribution in [0.3, 0.4) is 0 Å². The Labute approximate surface area is 118 Å². The van der Waals surface area contributed by atoms with Gasteiger partial charge in [-0.25, -0.2) is 0 Å². The lowest BCUT2D eigenvalue weighted by Crippen LogP contribution is -2.01. The molecular weight excluding hydrogens is 250 g/mol. The number of benzene rings is 2. The molecule has 3 aromatic rings. The Kier molecular flexibility index (Phi) is 3.44. The van der Waals surface area contributed by atoms with Crippen molar-refractivity contribution in [1.29, 1.82) is 0 Å². The molecule has 3 rings (SSSR count). The Morgan fingerprint density at radius 3 is 2.40 bits per heavy atom. The first-order valence-electron chi connectivity index (χ1n) is 6.55. The lowest BCUT2D eigenvalue weighted by molar-refractivity contribution is 0.136. The number of para-hydroxylation sites is 1. The van der Waals surface area contributed by atoms with Crippen LogP contribution in [0.25, 0.3) is 22.2 Å². The van der Waals surface area contributed by atoms with Gasteiger partial charge in [0.05, 0.1) is 18.3 Å². The summed E-state index contributed by atoms with van der Waals surface area (Å²) in [5.41, 5.74) is 3.48. The average Bonchev–Trinajstić information content (AvgIpc) is 2.87. The fourth-order valence-corrected chi connectivity index (χ4v) is 2.48. The summed E-state index contributed by atoms with van der Waals surface area (Å²) in [7, 11) is 3.39. The fraction of sp³-hybridized carbons (Fsp3) is 0.176. The third-order valence-corrected chi connectivity index (χ3v) is 3.45. The van der Waals surface area contributed by atoms with Crippen LogP contribution in [0.1, 0.15) is 0 Å². The van der Waals surface area contributed by atoms with E-state index in [0.29, 0.717) is 6.73 Å². The zero-order chi connectivity index (χ0) is 13.9. The molecule has 0 saturated carbocycles. The number of hydrogen-bond donors (Lipinski definition) is 0. The minimum Gasteiger partial charge on any atom is -0.497 e. The molecule has 102 valence electrons. The molecule has 20 heavy (non-hydrogen) atoms. The second-order valence-electron chi connectivity index (χ2n) is 4.66. The van der Waals surface area contributed by atoms with Gasteiger partial charge in [0, 0.05) is 12.5 Å². The van der Waals surface area contributed by atoms with Crippen molar-refractivity contribution < 1.29 is 9.47 Å². The standard InChI is InChI=1S/C17H17NO2/c1-19-12-18-16-6-4-3-5-14(16)11-17(18)13-7-9-15(20-2)10-8-13/h3-11H,12H2,1-2H3. The van der Waals surface area contributed by atoms with Crippen LogP contribution in [-0.2, 0) is 11.5 Å². The molecule has 0 fully saturated rings. The molecule has 0 atom stereocenters. The van der Waals surface area contributed by atoms with Gasteiger partial charge < -0.3 is 14.0 Å². The molecule has 0 N–H and O–H groups in total. The Bertz CT molecular complexity index is 713. The molecular formula is C17H17NO2. The summed E-state index contributed by atoms with van der Waals surface area (Å²) >= 11 is 0. The summed E-state index contributed by atoms with van der Waals surface area (Å²) in [6, 6.07) is 18.6. The van der Waals surface area contributed by atoms with Crippen molar-refractivity contribution in [1.82, 2.24) is 4.57 Å². The Morgan fingerprint density at radius 2 is 1.70 bits per heavy atom. The van der Waals surface area contributed by atoms with Crippen LogP contribution in [0.2, 0.25) is 0 Å². The van der Waals surface area contributed by atoms with E-state index in [1.807, 2.05) is 18.2 Å². The topological polar surface area (TPSA) is 23.4 Å². The van der Waals surface area contributed by atoms with Crippen molar-refractivity contribution in [2.75, 3.05) is 14.2 Å². The highest BCUT2D eigenvalue weighted by Gasteiger charge is 2.10. The zero-order valence-corrected chi connectivity index (χ0v) is 11.7. The van der Waals surface area contributed by atoms with E-state index >= 15 is 0 Å². The number of methoxy groups -OCH3 is 2. The number of aromatic nitrogens is 1. The van der Waals surface area contributed by atoms with Crippen LogP contribution in [0.5, 0.6) is 5.75 Å². The molecule has 3 nitrogen and oxygen atoms in total. The second kappa shape index (κ2) is 5.39. The molecule has 0 saturated heterocycles. The predicted octanol–water partition coefficient (Wildman–Crippen LogP) is 3.92. The van der Waals surface area contributed by atoms with Gasteiger partial charge in [-0.2, -0.15) is 0 Å². The molecule has 0 bridgehead atoms. The summed E-state index contributed by atoms with van der Waals surface area (Å²) < 4.78 is 12.7. The molecule has 1 aromatic heterocycles. The van der Waals surface area contributed by atoms with Crippen LogP contribution in [0.4, 0.5) is 0 Å². The Hall–Kier alpha value is -2.26. The molecule has 1 heterocycles. The van der Waals surface area contributed by atoms with Gasteiger partial charge in [0.1, 0.15) is 12.5 Å². The van der Waals surface area contributed by atoms with E-state index in [4.69, 9.17) is 9.47 Å². The summed E-state index contributed by atoms with van der Waals surface area (Å²) in [5.74, 6) is 0.864. The molecule has 0 amide bonds. The van der Waals surface area contributed by atoms with E-state index < -0.39 is 0 Å². The first-order valence-corrected chi connectivity index (χ1v) is 6.55. The van der Waals surface area contributed by atoms with Crippen molar-refractivity contribution in [3.8, 4) is 17.0 Å². The van der Waals surface area contributed by atoms with Gasteiger partial charge in [0.2, 0.25) is 0 Å². The lowest BCUT2D eigenvalue weighted by atomic mass is 10.1. The van der Waals surface area contributed by atoms with Crippen LogP contribution >= 0.6 is 0 Å². The number of ether oxygens (including phenoxy) is 2. The van der Waals surface area contributed by atoms with Gasteiger partial charge in [-0.1, -0.05) is 18.2 Å². The smallest absolute Gasteiger partial charge is 0.123 e. The molecule has 0 radical (unpaired) electrons. The summed E-state index contributed by atoms with van der Waals surface area (Å²) in [6.07, 6.45) is 0. The van der Waals surface area contributed by atoms with Gasteiger partial charge in [0.25, 0.3) is 0 Å². The monoisotopic (exact) mass is 267 g/mol. The summed E-state index contributed by atoms with van der Waals surface area (Å²) in [5, 5.41) is 1.22. The van der Waals surface area contributed by atoms with E-state index in [1.165, 1.54) is 10.9 Å². The van der Waals surface area contributed by atoms with Crippen LogP contribution < -0.4 is 4.74 Å². The molecule has 0 aliphatic carbocycles. The van der Waals surface area contributed by atoms with E-state index in [0.717, 1.165) is 17.0 Å². The molecule has 3 heteroatoms. The van der Waals surface area contributed by atoms with Gasteiger partial charge in [0.15, 0.2) is 0 Å². The van der Waals surface area contributed by atoms with Gasteiger partial charge in [-0.3, -0.25) is 0 Å². The van der Waals surface area contributed by atoms with E-state index in [1.54, 1.807) is 14.2 Å². The largest absolute Gasteiger partial charge is 0.497 e. The van der Waals surface area contributed by atoms with Crippen LogP contribution in [0, 0.1) is 0 Å². The molecule has 0 spiro atoms. The van der Waals surface area contributed by atoms with Crippen molar-refractivity contribution in [3.05, 3.63) is 54.6 Å². The van der Waals surface area contributed by atoms with E-state index in [-0.39, 0.29) is 0 Å². The number of rotatable bonds is 4. The minimum absolute atomic E-state index is 0.537. The number of hydrogen-bond acceptors (Lipinski definition) is 2. The van der Waals surface area contributed by atoms with Crippen molar-refractivity contribution >= 4 is 10.9 Å². The van der Waals surface area contributed by atoms with E-state index in [9.17, 15) is 0 Å². The normalized spacial score (nSPS) is 10.9. The van der Waals surface area contributed by atoms with Gasteiger partial charge in [-0.05, 0) is 42.0 Å². The van der Waals surface area contributed by atoms with Crippen molar-refractivity contribution in [2.45, 2.75) is 6.73 Å². The predicted molar refractivity (Wildman–Crippen MR) is 80.9 cm³/mol. The molecule has 0 aliphatic heterocycles. The quantitative estimate of drug-likeness (QED) is 0.715. The maximum Gasteiger partial charge on any atom is 0.123 e. The lowest BCUT2D eigenvalue weighted by Gasteiger charge is -2.10. The number of fused-ring (bicyclic) bond motifs is 1. The summed E-state index contributed by atoms with van der Waals surface area (Å²) in [4.78, 5) is 0. The SMILES string of the molecule is COCn1c(-c2ccc(OC)cc2)cc2ccccc21. The minimum atomic E-state index is 0.537. The Morgan fingerprint density at radius 1 is 0.950 bits per heavy atom. The summed E-state index contributed by atoms with van der Waals surface area (Å²) in [6.45, 7) is 0.537. The molecule has 0 unspecified atom stereocenters. The van der Waals surface area contributed by atoms with Gasteiger partial charge >= 0.3 is 0 Å². The third-order valence-electron chi connectivity index (χ3n) is 3.45. The number of nitrogens with zero attached hydrogens (tertiary/aromatic N) is 1. The highest BCUT2D eigenvalue weighted by molar-refractivity contribution is 5.87. The maximum atomic E-state index is 5.34. The van der Waals surface area contributed by atoms with Gasteiger partial charge in [-0.15, -0.1) is 0 Å². The molecule has 2 aromatic carbocycles. The fourth-order valence-electron chi connectivity index (χ4n) is 2.48. The molecule has 0 aliphatic rings. The zero-order valence-electron chi connectivity index (χ0n) is 11.7. The Balaban J connectivity index is 2.15. The average molecular weight is 267 g/mol. The maximum absolute atomic E-state index is 5.34. The first-order chi connectivity index (χ1) is 9.83. The van der Waals surface area contributed by atoms with E-state index in [2.05, 4.69) is 41.0 Å². The highest BCUT2D eigenvalue weighted by atomic mass is 16.5. The van der Waals surface area contributed by atoms with Crippen molar-refractivity contribution in [3.63, 3.8) is 0 Å². The third kappa shape index (κ3) is 2.17. The van der Waals surface area contributed by atoms with Crippen LogP contribution in [-0.4, -0.2) is 18.8 Å². The highest BCUT2D eigenvalue weighted by Crippen LogP contribution is 2.29. The van der Waals surface area contributed by atoms with Crippen molar-refractivity contribution in [2.24, 2.45) is 0 Å². The second-order valence-corrected chi connectivity index (χ2v) is 4.66. The van der Waals surface area contributed by atoms with Crippen LogP contribution in [0.15, 0.2) is 54.6 Å².